The van der Waals surface area contributed by atoms with Crippen LogP contribution in [0.1, 0.15) is 70.2 Å². The maximum atomic E-state index is 2.49. The van der Waals surface area contributed by atoms with E-state index in [0.29, 0.717) is 0 Å². The zero-order valence-electron chi connectivity index (χ0n) is 31.3. The van der Waals surface area contributed by atoms with Crippen LogP contribution in [0.25, 0.3) is 82.5 Å². The Labute approximate surface area is 308 Å². The highest BCUT2D eigenvalue weighted by Gasteiger charge is 2.23. The topological polar surface area (TPSA) is 0 Å². The SMILES string of the molecule is CC(C)(C)c1ccc2c(-c3ccc4c(c3)CCC=C4)c3cc(C(C)(C)C)ccc3c(-c3ccc(-c4cccc5c4ccc4ccccc45)cc3)c2c1. The lowest BCUT2D eigenvalue weighted by molar-refractivity contribution is 0.590. The number of fused-ring (bicyclic) bond motifs is 6. The summed E-state index contributed by atoms with van der Waals surface area (Å²) in [5.41, 5.74) is 13.3. The smallest absolute Gasteiger partial charge is 0.00262 e. The molecule has 0 heterocycles. The van der Waals surface area contributed by atoms with Gasteiger partial charge in [0.25, 0.3) is 0 Å². The van der Waals surface area contributed by atoms with Gasteiger partial charge in [-0.15, -0.1) is 0 Å². The minimum absolute atomic E-state index is 0.0250. The second kappa shape index (κ2) is 12.1. The van der Waals surface area contributed by atoms with E-state index in [-0.39, 0.29) is 10.8 Å². The Bertz CT molecular complexity index is 2720. The minimum Gasteiger partial charge on any atom is -0.0836 e. The zero-order valence-corrected chi connectivity index (χ0v) is 31.3. The predicted octanol–water partition coefficient (Wildman–Crippen LogP) is 14.9. The number of benzene rings is 8. The first-order valence-electron chi connectivity index (χ1n) is 18.9. The standard InChI is InChI=1S/C52H46/c1-51(2,3)39-26-29-46-47(31-39)49(36-21-19-35(20-22-36)42-16-11-17-43-41-15-10-9-13-34(41)24-27-44(42)43)45-28-25-40(52(4,5)6)32-48(45)50(46)38-23-18-33-12-7-8-14-37(33)30-38/h7,9-13,15-32H,8,14H2,1-6H3. The molecule has 0 radical (unpaired) electrons. The molecule has 0 atom stereocenters. The third-order valence-electron chi connectivity index (χ3n) is 11.4. The second-order valence-corrected chi connectivity index (χ2v) is 16.9. The molecular formula is C52H46. The van der Waals surface area contributed by atoms with Crippen LogP contribution in [0.15, 0.2) is 140 Å². The Morgan fingerprint density at radius 1 is 0.423 bits per heavy atom. The van der Waals surface area contributed by atoms with Gasteiger partial charge >= 0.3 is 0 Å². The van der Waals surface area contributed by atoms with Crippen molar-refractivity contribution in [2.45, 2.75) is 65.2 Å². The molecule has 0 aromatic heterocycles. The van der Waals surface area contributed by atoms with Gasteiger partial charge in [-0.2, -0.15) is 0 Å². The maximum absolute atomic E-state index is 2.49. The van der Waals surface area contributed by atoms with Crippen molar-refractivity contribution in [1.29, 1.82) is 0 Å². The molecule has 0 heteroatoms. The fourth-order valence-corrected chi connectivity index (χ4v) is 8.48. The Morgan fingerprint density at radius 3 is 1.71 bits per heavy atom. The Morgan fingerprint density at radius 2 is 1.02 bits per heavy atom. The van der Waals surface area contributed by atoms with Crippen molar-refractivity contribution in [2.75, 3.05) is 0 Å². The maximum Gasteiger partial charge on any atom is -0.00262 e. The fourth-order valence-electron chi connectivity index (χ4n) is 8.48. The molecule has 8 aromatic carbocycles. The largest absolute Gasteiger partial charge is 0.0836 e. The van der Waals surface area contributed by atoms with Crippen molar-refractivity contribution in [3.8, 4) is 33.4 Å². The summed E-state index contributed by atoms with van der Waals surface area (Å²) < 4.78 is 0. The van der Waals surface area contributed by atoms with Crippen LogP contribution < -0.4 is 0 Å². The molecule has 0 nitrogen and oxygen atoms in total. The van der Waals surface area contributed by atoms with Crippen molar-refractivity contribution in [1.82, 2.24) is 0 Å². The molecule has 0 saturated carbocycles. The lowest BCUT2D eigenvalue weighted by Crippen LogP contribution is -2.11. The summed E-state index contributed by atoms with van der Waals surface area (Å²) in [6.07, 6.45) is 6.79. The molecular weight excluding hydrogens is 625 g/mol. The molecule has 0 unspecified atom stereocenters. The molecule has 0 N–H and O–H groups in total. The number of hydrogen-bond acceptors (Lipinski definition) is 0. The lowest BCUT2D eigenvalue weighted by atomic mass is 9.79. The number of rotatable bonds is 3. The van der Waals surface area contributed by atoms with Crippen molar-refractivity contribution >= 4 is 49.2 Å². The fraction of sp³-hybridized carbons (Fsp3) is 0.192. The number of aryl methyl sites for hydroxylation is 1. The molecule has 0 saturated heterocycles. The molecule has 254 valence electrons. The first kappa shape index (κ1) is 32.4. The predicted molar refractivity (Wildman–Crippen MR) is 228 cm³/mol. The highest BCUT2D eigenvalue weighted by molar-refractivity contribution is 6.22. The third kappa shape index (κ3) is 5.44. The summed E-state index contributed by atoms with van der Waals surface area (Å²) in [7, 11) is 0. The van der Waals surface area contributed by atoms with Gasteiger partial charge in [-0.05, 0) is 135 Å². The van der Waals surface area contributed by atoms with Gasteiger partial charge in [0.15, 0.2) is 0 Å². The van der Waals surface area contributed by atoms with E-state index in [9.17, 15) is 0 Å². The van der Waals surface area contributed by atoms with E-state index < -0.39 is 0 Å². The molecule has 1 aliphatic carbocycles. The summed E-state index contributed by atoms with van der Waals surface area (Å²) in [5.74, 6) is 0. The van der Waals surface area contributed by atoms with Gasteiger partial charge in [-0.25, -0.2) is 0 Å². The van der Waals surface area contributed by atoms with E-state index in [2.05, 4.69) is 187 Å². The van der Waals surface area contributed by atoms with Crippen LogP contribution in [0.2, 0.25) is 0 Å². The van der Waals surface area contributed by atoms with Crippen molar-refractivity contribution in [2.24, 2.45) is 0 Å². The van der Waals surface area contributed by atoms with Crippen molar-refractivity contribution in [3.05, 3.63) is 162 Å². The lowest BCUT2D eigenvalue weighted by Gasteiger charge is -2.25. The molecule has 9 rings (SSSR count). The van der Waals surface area contributed by atoms with Gasteiger partial charge in [0.05, 0.1) is 0 Å². The van der Waals surface area contributed by atoms with Crippen LogP contribution in [0.4, 0.5) is 0 Å². The van der Waals surface area contributed by atoms with E-state index in [0.717, 1.165) is 12.8 Å². The second-order valence-electron chi connectivity index (χ2n) is 16.9. The van der Waals surface area contributed by atoms with Gasteiger partial charge in [0, 0.05) is 0 Å². The van der Waals surface area contributed by atoms with Gasteiger partial charge in [-0.1, -0.05) is 175 Å². The molecule has 52 heavy (non-hydrogen) atoms. The molecule has 1 aliphatic rings. The monoisotopic (exact) mass is 670 g/mol. The summed E-state index contributed by atoms with van der Waals surface area (Å²) >= 11 is 0. The van der Waals surface area contributed by atoms with Gasteiger partial charge < -0.3 is 0 Å². The van der Waals surface area contributed by atoms with Crippen LogP contribution in [-0.4, -0.2) is 0 Å². The molecule has 0 aliphatic heterocycles. The minimum atomic E-state index is 0.0250. The highest BCUT2D eigenvalue weighted by Crippen LogP contribution is 2.47. The Hall–Kier alpha value is -5.46. The van der Waals surface area contributed by atoms with Crippen molar-refractivity contribution in [3.63, 3.8) is 0 Å². The van der Waals surface area contributed by atoms with Gasteiger partial charge in [0.2, 0.25) is 0 Å². The first-order chi connectivity index (χ1) is 25.0. The van der Waals surface area contributed by atoms with Gasteiger partial charge in [0.1, 0.15) is 0 Å². The van der Waals surface area contributed by atoms with E-state index in [1.165, 1.54) is 98.7 Å². The normalized spacial score (nSPS) is 13.3. The van der Waals surface area contributed by atoms with E-state index in [1.54, 1.807) is 0 Å². The first-order valence-corrected chi connectivity index (χ1v) is 18.9. The van der Waals surface area contributed by atoms with E-state index >= 15 is 0 Å². The van der Waals surface area contributed by atoms with Gasteiger partial charge in [-0.3, -0.25) is 0 Å². The Kier molecular flexibility index (Phi) is 7.53. The molecule has 0 fully saturated rings. The van der Waals surface area contributed by atoms with E-state index in [1.807, 2.05) is 0 Å². The zero-order chi connectivity index (χ0) is 35.8. The summed E-state index contributed by atoms with van der Waals surface area (Å²) in [5, 5.41) is 10.4. The van der Waals surface area contributed by atoms with Crippen LogP contribution in [-0.2, 0) is 17.3 Å². The van der Waals surface area contributed by atoms with Crippen LogP contribution in [0.5, 0.6) is 0 Å². The average molecular weight is 671 g/mol. The summed E-state index contributed by atoms with van der Waals surface area (Å²) in [6, 6.07) is 51.0. The van der Waals surface area contributed by atoms with Crippen LogP contribution in [0.3, 0.4) is 0 Å². The highest BCUT2D eigenvalue weighted by atomic mass is 14.3. The quantitative estimate of drug-likeness (QED) is 0.130. The van der Waals surface area contributed by atoms with Crippen molar-refractivity contribution < 1.29 is 0 Å². The summed E-state index contributed by atoms with van der Waals surface area (Å²) in [4.78, 5) is 0. The molecule has 0 spiro atoms. The number of hydrogen-bond donors (Lipinski definition) is 0. The Balaban J connectivity index is 1.31. The number of allylic oxidation sites excluding steroid dienone is 1. The van der Waals surface area contributed by atoms with Crippen LogP contribution in [0, 0.1) is 0 Å². The summed E-state index contributed by atoms with van der Waals surface area (Å²) in [6.45, 7) is 13.9. The van der Waals surface area contributed by atoms with E-state index in [4.69, 9.17) is 0 Å². The average Bonchev–Trinajstić information content (AvgIpc) is 3.15. The molecule has 8 aromatic rings. The molecule has 0 amide bonds. The third-order valence-corrected chi connectivity index (χ3v) is 11.4. The molecule has 0 bridgehead atoms. The van der Waals surface area contributed by atoms with Crippen LogP contribution >= 0.6 is 0 Å².